The summed E-state index contributed by atoms with van der Waals surface area (Å²) in [5, 5.41) is 18.8. The Morgan fingerprint density at radius 3 is 2.72 bits per heavy atom. The molecular weight excluding hydrogens is 360 g/mol. The first-order valence-electron chi connectivity index (χ1n) is 7.28. The second-order valence-electron chi connectivity index (χ2n) is 5.14. The highest BCUT2D eigenvalue weighted by molar-refractivity contribution is 7.17. The second kappa shape index (κ2) is 6.99. The molecule has 7 nitrogen and oxygen atoms in total. The minimum absolute atomic E-state index is 0.149. The Hall–Kier alpha value is -2.78. The summed E-state index contributed by atoms with van der Waals surface area (Å²) in [6, 6.07) is 8.29. The number of amides is 1. The summed E-state index contributed by atoms with van der Waals surface area (Å²) in [5.41, 5.74) is 1.21. The molecule has 128 valence electrons. The van der Waals surface area contributed by atoms with E-state index in [2.05, 4.69) is 15.6 Å². The number of nitro benzene ring substituents is 1. The van der Waals surface area contributed by atoms with E-state index in [0.717, 1.165) is 10.6 Å². The van der Waals surface area contributed by atoms with Crippen molar-refractivity contribution in [1.82, 2.24) is 4.98 Å². The largest absolute Gasteiger partial charge is 0.383 e. The van der Waals surface area contributed by atoms with E-state index in [0.29, 0.717) is 10.8 Å². The van der Waals surface area contributed by atoms with Crippen molar-refractivity contribution < 1.29 is 9.72 Å². The molecule has 1 aromatic carbocycles. The van der Waals surface area contributed by atoms with E-state index < -0.39 is 10.8 Å². The first-order chi connectivity index (χ1) is 12.0. The number of anilines is 2. The van der Waals surface area contributed by atoms with Crippen LogP contribution in [0.1, 0.15) is 15.2 Å². The number of nitrogens with one attached hydrogen (secondary N) is 2. The number of carbonyl (C=O) groups is 1. The molecular formula is C16H14N4O3S2. The number of nitro groups is 1. The fraction of sp³-hybridized carbons (Fsp3) is 0.125. The Labute approximate surface area is 151 Å². The van der Waals surface area contributed by atoms with Gasteiger partial charge < -0.3 is 5.32 Å². The summed E-state index contributed by atoms with van der Waals surface area (Å²) in [7, 11) is 1.59. The highest BCUT2D eigenvalue weighted by Crippen LogP contribution is 2.31. The third-order valence-electron chi connectivity index (χ3n) is 3.44. The zero-order chi connectivity index (χ0) is 18.0. The third-order valence-corrected chi connectivity index (χ3v) is 5.22. The average molecular weight is 374 g/mol. The van der Waals surface area contributed by atoms with Gasteiger partial charge in [-0.15, -0.1) is 22.7 Å². The number of aryl methyl sites for hydroxylation is 1. The van der Waals surface area contributed by atoms with Crippen molar-refractivity contribution >= 4 is 45.1 Å². The van der Waals surface area contributed by atoms with Crippen LogP contribution in [0.3, 0.4) is 0 Å². The highest BCUT2D eigenvalue weighted by atomic mass is 32.1. The molecule has 0 atom stereocenters. The van der Waals surface area contributed by atoms with Crippen LogP contribution in [-0.4, -0.2) is 22.9 Å². The van der Waals surface area contributed by atoms with Crippen LogP contribution in [0.2, 0.25) is 0 Å². The molecule has 2 aromatic heterocycles. The van der Waals surface area contributed by atoms with Gasteiger partial charge in [0.2, 0.25) is 0 Å². The molecule has 0 saturated heterocycles. The number of thiophene rings is 1. The molecule has 2 N–H and O–H groups in total. The molecule has 0 unspecified atom stereocenters. The first kappa shape index (κ1) is 17.1. The Morgan fingerprint density at radius 2 is 2.08 bits per heavy atom. The topological polar surface area (TPSA) is 97.2 Å². The molecule has 25 heavy (non-hydrogen) atoms. The van der Waals surface area contributed by atoms with Crippen molar-refractivity contribution in [2.75, 3.05) is 17.7 Å². The van der Waals surface area contributed by atoms with Gasteiger partial charge in [-0.25, -0.2) is 4.98 Å². The molecule has 0 bridgehead atoms. The van der Waals surface area contributed by atoms with Gasteiger partial charge in [0.25, 0.3) is 11.6 Å². The lowest BCUT2D eigenvalue weighted by Crippen LogP contribution is -2.12. The Balaban J connectivity index is 1.80. The van der Waals surface area contributed by atoms with Gasteiger partial charge in [0.15, 0.2) is 5.13 Å². The molecule has 0 saturated carbocycles. The van der Waals surface area contributed by atoms with Gasteiger partial charge in [0.05, 0.1) is 15.5 Å². The third kappa shape index (κ3) is 3.67. The number of benzene rings is 1. The molecule has 9 heteroatoms. The minimum Gasteiger partial charge on any atom is -0.383 e. The summed E-state index contributed by atoms with van der Waals surface area (Å²) in [6.45, 7) is 2.02. The van der Waals surface area contributed by atoms with Gasteiger partial charge in [0, 0.05) is 28.9 Å². The standard InChI is InChI=1S/C16H14N4O3S2/c1-9-3-6-14(25-9)12-8-24-16(18-12)19-15(21)10-4-5-11(17-2)13(7-10)20(22)23/h3-8,17H,1-2H3,(H,18,19,21). The molecule has 0 aliphatic heterocycles. The number of rotatable bonds is 5. The van der Waals surface area contributed by atoms with Crippen LogP contribution in [0.15, 0.2) is 35.7 Å². The normalized spacial score (nSPS) is 10.5. The van der Waals surface area contributed by atoms with Crippen LogP contribution >= 0.6 is 22.7 Å². The quantitative estimate of drug-likeness (QED) is 0.510. The molecule has 3 rings (SSSR count). The number of nitrogens with zero attached hydrogens (tertiary/aromatic N) is 2. The first-order valence-corrected chi connectivity index (χ1v) is 8.97. The molecule has 3 aromatic rings. The summed E-state index contributed by atoms with van der Waals surface area (Å²) < 4.78 is 0. The predicted octanol–water partition coefficient (Wildman–Crippen LogP) is 4.38. The van der Waals surface area contributed by atoms with E-state index in [4.69, 9.17) is 0 Å². The molecule has 0 aliphatic carbocycles. The van der Waals surface area contributed by atoms with Crippen LogP contribution in [0.4, 0.5) is 16.5 Å². The highest BCUT2D eigenvalue weighted by Gasteiger charge is 2.18. The molecule has 2 heterocycles. The number of hydrogen-bond donors (Lipinski definition) is 2. The Kier molecular flexibility index (Phi) is 4.77. The van der Waals surface area contributed by atoms with Crippen molar-refractivity contribution in [2.24, 2.45) is 0 Å². The monoisotopic (exact) mass is 374 g/mol. The Morgan fingerprint density at radius 1 is 1.28 bits per heavy atom. The fourth-order valence-corrected chi connectivity index (χ4v) is 3.83. The van der Waals surface area contributed by atoms with Crippen LogP contribution < -0.4 is 10.6 Å². The second-order valence-corrected chi connectivity index (χ2v) is 7.29. The molecule has 1 amide bonds. The van der Waals surface area contributed by atoms with Crippen molar-refractivity contribution in [2.45, 2.75) is 6.92 Å². The minimum atomic E-state index is -0.525. The van der Waals surface area contributed by atoms with Crippen molar-refractivity contribution in [3.05, 3.63) is 56.3 Å². The average Bonchev–Trinajstić information content (AvgIpc) is 3.23. The lowest BCUT2D eigenvalue weighted by Gasteiger charge is -2.05. The summed E-state index contributed by atoms with van der Waals surface area (Å²) in [5.74, 6) is -0.436. The van der Waals surface area contributed by atoms with Gasteiger partial charge in [-0.05, 0) is 31.2 Å². The van der Waals surface area contributed by atoms with Crippen molar-refractivity contribution in [3.63, 3.8) is 0 Å². The zero-order valence-corrected chi connectivity index (χ0v) is 15.0. The molecule has 0 aliphatic rings. The van der Waals surface area contributed by atoms with E-state index in [1.165, 1.54) is 34.4 Å². The van der Waals surface area contributed by atoms with Crippen LogP contribution in [0.5, 0.6) is 0 Å². The van der Waals surface area contributed by atoms with E-state index in [-0.39, 0.29) is 11.3 Å². The van der Waals surface area contributed by atoms with Crippen LogP contribution in [-0.2, 0) is 0 Å². The fourth-order valence-electron chi connectivity index (χ4n) is 2.22. The maximum Gasteiger partial charge on any atom is 0.293 e. The van der Waals surface area contributed by atoms with Gasteiger partial charge in [-0.1, -0.05) is 0 Å². The van der Waals surface area contributed by atoms with E-state index in [1.54, 1.807) is 18.4 Å². The molecule has 0 spiro atoms. The van der Waals surface area contributed by atoms with Crippen LogP contribution in [0.25, 0.3) is 10.6 Å². The smallest absolute Gasteiger partial charge is 0.293 e. The van der Waals surface area contributed by atoms with E-state index in [1.807, 2.05) is 24.4 Å². The van der Waals surface area contributed by atoms with Crippen LogP contribution in [0, 0.1) is 17.0 Å². The summed E-state index contributed by atoms with van der Waals surface area (Å²) in [4.78, 5) is 29.5. The number of aromatic nitrogens is 1. The van der Waals surface area contributed by atoms with Gasteiger partial charge >= 0.3 is 0 Å². The van der Waals surface area contributed by atoms with Gasteiger partial charge in [0.1, 0.15) is 5.69 Å². The molecule has 0 fully saturated rings. The maximum atomic E-state index is 12.4. The zero-order valence-electron chi connectivity index (χ0n) is 13.4. The van der Waals surface area contributed by atoms with Gasteiger partial charge in [-0.3, -0.25) is 20.2 Å². The maximum absolute atomic E-state index is 12.4. The number of hydrogen-bond acceptors (Lipinski definition) is 7. The van der Waals surface area contributed by atoms with E-state index in [9.17, 15) is 14.9 Å². The van der Waals surface area contributed by atoms with Crippen molar-refractivity contribution in [3.8, 4) is 10.6 Å². The lowest BCUT2D eigenvalue weighted by atomic mass is 10.1. The van der Waals surface area contributed by atoms with Crippen molar-refractivity contribution in [1.29, 1.82) is 0 Å². The molecule has 0 radical (unpaired) electrons. The SMILES string of the molecule is CNc1ccc(C(=O)Nc2nc(-c3ccc(C)s3)cs2)cc1[N+](=O)[O-]. The predicted molar refractivity (Wildman–Crippen MR) is 101 cm³/mol. The lowest BCUT2D eigenvalue weighted by molar-refractivity contribution is -0.384. The van der Waals surface area contributed by atoms with E-state index >= 15 is 0 Å². The van der Waals surface area contributed by atoms with Gasteiger partial charge in [-0.2, -0.15) is 0 Å². The summed E-state index contributed by atoms with van der Waals surface area (Å²) >= 11 is 2.94. The number of thiazole rings is 1. The Bertz CT molecular complexity index is 949. The number of carbonyl (C=O) groups excluding carboxylic acids is 1. The summed E-state index contributed by atoms with van der Waals surface area (Å²) in [6.07, 6.45) is 0.